The molecule has 1 aromatic heterocycles. The van der Waals surface area contributed by atoms with Gasteiger partial charge in [-0.2, -0.15) is 0 Å². The maximum absolute atomic E-state index is 11.7. The second-order valence-electron chi connectivity index (χ2n) is 4.73. The van der Waals surface area contributed by atoms with Crippen LogP contribution in [0.25, 0.3) is 0 Å². The molecule has 0 atom stereocenters. The van der Waals surface area contributed by atoms with Crippen LogP contribution in [0.4, 0.5) is 11.5 Å². The van der Waals surface area contributed by atoms with Crippen molar-refractivity contribution in [3.05, 3.63) is 20.8 Å². The molecule has 1 heterocycles. The number of aliphatic hydroxyl groups is 1. The molecule has 1 aliphatic carbocycles. The third-order valence-corrected chi connectivity index (χ3v) is 3.23. The SMILES string of the molecule is CCCn1c(N)c(NC2(CO)CC2)c(=O)[nH]c1=O. The van der Waals surface area contributed by atoms with Gasteiger partial charge in [-0.05, 0) is 19.3 Å². The van der Waals surface area contributed by atoms with E-state index in [2.05, 4.69) is 10.3 Å². The first-order valence-electron chi connectivity index (χ1n) is 6.04. The molecule has 0 radical (unpaired) electrons. The van der Waals surface area contributed by atoms with Crippen LogP contribution in [0, 0.1) is 0 Å². The minimum Gasteiger partial charge on any atom is -0.394 e. The Hall–Kier alpha value is -1.76. The molecule has 2 rings (SSSR count). The van der Waals surface area contributed by atoms with Crippen molar-refractivity contribution in [3.8, 4) is 0 Å². The van der Waals surface area contributed by atoms with Crippen LogP contribution in [0.2, 0.25) is 0 Å². The van der Waals surface area contributed by atoms with Gasteiger partial charge in [-0.15, -0.1) is 0 Å². The summed E-state index contributed by atoms with van der Waals surface area (Å²) in [6, 6.07) is 0. The van der Waals surface area contributed by atoms with Crippen molar-refractivity contribution in [2.75, 3.05) is 17.7 Å². The molecule has 1 aromatic rings. The highest BCUT2D eigenvalue weighted by molar-refractivity contribution is 5.62. The molecule has 0 amide bonds. The predicted octanol–water partition coefficient (Wildman–Crippen LogP) is -0.534. The zero-order valence-corrected chi connectivity index (χ0v) is 10.3. The first-order valence-corrected chi connectivity index (χ1v) is 6.04. The van der Waals surface area contributed by atoms with Crippen molar-refractivity contribution in [1.29, 1.82) is 0 Å². The quantitative estimate of drug-likeness (QED) is 0.564. The molecule has 5 N–H and O–H groups in total. The molecule has 1 fully saturated rings. The molecular weight excluding hydrogens is 236 g/mol. The normalized spacial score (nSPS) is 16.6. The molecule has 18 heavy (non-hydrogen) atoms. The van der Waals surface area contributed by atoms with Crippen LogP contribution in [0.5, 0.6) is 0 Å². The monoisotopic (exact) mass is 254 g/mol. The third kappa shape index (κ3) is 2.13. The molecule has 0 bridgehead atoms. The first-order chi connectivity index (χ1) is 8.53. The summed E-state index contributed by atoms with van der Waals surface area (Å²) >= 11 is 0. The standard InChI is InChI=1S/C11H18N4O3/c1-2-5-15-8(12)7(9(17)13-10(15)18)14-11(6-16)3-4-11/h14,16H,2-6,12H2,1H3,(H,13,17,18). The number of H-pyrrole nitrogens is 1. The minimum atomic E-state index is -0.537. The highest BCUT2D eigenvalue weighted by Crippen LogP contribution is 2.38. The van der Waals surface area contributed by atoms with E-state index in [-0.39, 0.29) is 18.1 Å². The van der Waals surface area contributed by atoms with Gasteiger partial charge in [-0.25, -0.2) is 4.79 Å². The number of nitrogens with two attached hydrogens (primary N) is 1. The lowest BCUT2D eigenvalue weighted by Crippen LogP contribution is -2.37. The van der Waals surface area contributed by atoms with E-state index in [0.717, 1.165) is 19.3 Å². The lowest BCUT2D eigenvalue weighted by atomic mass is 10.2. The van der Waals surface area contributed by atoms with E-state index in [1.165, 1.54) is 4.57 Å². The number of nitrogens with zero attached hydrogens (tertiary/aromatic N) is 1. The molecule has 0 aliphatic heterocycles. The molecule has 1 saturated carbocycles. The number of hydrogen-bond acceptors (Lipinski definition) is 5. The average molecular weight is 254 g/mol. The smallest absolute Gasteiger partial charge is 0.330 e. The van der Waals surface area contributed by atoms with Crippen LogP contribution in [0.3, 0.4) is 0 Å². The number of hydrogen-bond donors (Lipinski definition) is 4. The van der Waals surface area contributed by atoms with Crippen LogP contribution in [-0.2, 0) is 6.54 Å². The van der Waals surface area contributed by atoms with Crippen LogP contribution in [-0.4, -0.2) is 26.8 Å². The van der Waals surface area contributed by atoms with Gasteiger partial charge in [0.25, 0.3) is 5.56 Å². The van der Waals surface area contributed by atoms with Gasteiger partial charge in [-0.1, -0.05) is 6.92 Å². The van der Waals surface area contributed by atoms with Crippen LogP contribution in [0.15, 0.2) is 9.59 Å². The largest absolute Gasteiger partial charge is 0.394 e. The summed E-state index contributed by atoms with van der Waals surface area (Å²) in [5.41, 5.74) is 4.55. The van der Waals surface area contributed by atoms with Crippen molar-refractivity contribution in [1.82, 2.24) is 9.55 Å². The molecule has 7 nitrogen and oxygen atoms in total. The van der Waals surface area contributed by atoms with E-state index >= 15 is 0 Å². The Morgan fingerprint density at radius 2 is 2.17 bits per heavy atom. The van der Waals surface area contributed by atoms with Gasteiger partial charge in [0.1, 0.15) is 11.5 Å². The molecule has 1 aliphatic rings. The van der Waals surface area contributed by atoms with E-state index in [4.69, 9.17) is 5.73 Å². The van der Waals surface area contributed by atoms with Gasteiger partial charge in [0.05, 0.1) is 12.1 Å². The van der Waals surface area contributed by atoms with Crippen molar-refractivity contribution in [2.24, 2.45) is 0 Å². The summed E-state index contributed by atoms with van der Waals surface area (Å²) in [4.78, 5) is 25.6. The lowest BCUT2D eigenvalue weighted by molar-refractivity contribution is 0.266. The zero-order chi connectivity index (χ0) is 13.3. The minimum absolute atomic E-state index is 0.0568. The topological polar surface area (TPSA) is 113 Å². The molecule has 0 aromatic carbocycles. The van der Waals surface area contributed by atoms with Crippen molar-refractivity contribution in [3.63, 3.8) is 0 Å². The average Bonchev–Trinajstić information content (AvgIpc) is 3.11. The van der Waals surface area contributed by atoms with Gasteiger partial charge in [-0.3, -0.25) is 14.3 Å². The Labute approximate surface area is 104 Å². The van der Waals surface area contributed by atoms with Gasteiger partial charge < -0.3 is 16.2 Å². The Bertz CT molecular complexity index is 556. The Morgan fingerprint density at radius 3 is 2.67 bits per heavy atom. The predicted molar refractivity (Wildman–Crippen MR) is 68.7 cm³/mol. The molecule has 7 heteroatoms. The number of anilines is 2. The molecule has 0 saturated heterocycles. The van der Waals surface area contributed by atoms with Gasteiger partial charge >= 0.3 is 5.69 Å². The Balaban J connectivity index is 2.43. The van der Waals surface area contributed by atoms with Crippen LogP contribution < -0.4 is 22.3 Å². The number of nitrogens with one attached hydrogen (secondary N) is 2. The summed E-state index contributed by atoms with van der Waals surface area (Å²) < 4.78 is 1.33. The first kappa shape index (κ1) is 12.7. The maximum atomic E-state index is 11.7. The Morgan fingerprint density at radius 1 is 1.50 bits per heavy atom. The number of nitrogen functional groups attached to an aromatic ring is 1. The lowest BCUT2D eigenvalue weighted by Gasteiger charge is -2.18. The number of aliphatic hydroxyl groups excluding tert-OH is 1. The molecule has 0 unspecified atom stereocenters. The molecular formula is C11H18N4O3. The summed E-state index contributed by atoms with van der Waals surface area (Å²) in [5, 5.41) is 12.2. The van der Waals surface area contributed by atoms with Gasteiger partial charge in [0.15, 0.2) is 0 Å². The molecule has 0 spiro atoms. The van der Waals surface area contributed by atoms with Gasteiger partial charge in [0, 0.05) is 6.54 Å². The highest BCUT2D eigenvalue weighted by Gasteiger charge is 2.43. The second-order valence-corrected chi connectivity index (χ2v) is 4.73. The summed E-state index contributed by atoms with van der Waals surface area (Å²) in [5.74, 6) is 0.130. The fraction of sp³-hybridized carbons (Fsp3) is 0.636. The number of rotatable bonds is 5. The summed E-state index contributed by atoms with van der Waals surface area (Å²) in [7, 11) is 0. The summed E-state index contributed by atoms with van der Waals surface area (Å²) in [6.45, 7) is 2.31. The van der Waals surface area contributed by atoms with E-state index in [9.17, 15) is 14.7 Å². The number of aromatic nitrogens is 2. The van der Waals surface area contributed by atoms with Crippen LogP contribution >= 0.6 is 0 Å². The zero-order valence-electron chi connectivity index (χ0n) is 10.3. The van der Waals surface area contributed by atoms with Crippen molar-refractivity contribution in [2.45, 2.75) is 38.3 Å². The second kappa shape index (κ2) is 4.49. The van der Waals surface area contributed by atoms with E-state index in [0.29, 0.717) is 6.54 Å². The third-order valence-electron chi connectivity index (χ3n) is 3.23. The highest BCUT2D eigenvalue weighted by atomic mass is 16.3. The van der Waals surface area contributed by atoms with Gasteiger partial charge in [0.2, 0.25) is 0 Å². The fourth-order valence-corrected chi connectivity index (χ4v) is 1.89. The number of aromatic amines is 1. The molecule has 100 valence electrons. The van der Waals surface area contributed by atoms with E-state index in [1.807, 2.05) is 6.92 Å². The Kier molecular flexibility index (Phi) is 3.16. The van der Waals surface area contributed by atoms with Crippen molar-refractivity contribution < 1.29 is 5.11 Å². The summed E-state index contributed by atoms with van der Waals surface area (Å²) in [6.07, 6.45) is 2.31. The van der Waals surface area contributed by atoms with E-state index in [1.54, 1.807) is 0 Å². The maximum Gasteiger partial charge on any atom is 0.330 e. The van der Waals surface area contributed by atoms with E-state index < -0.39 is 16.8 Å². The van der Waals surface area contributed by atoms with Crippen LogP contribution in [0.1, 0.15) is 26.2 Å². The van der Waals surface area contributed by atoms with Crippen molar-refractivity contribution >= 4 is 11.5 Å². The fourth-order valence-electron chi connectivity index (χ4n) is 1.89.